The molecule has 0 bridgehead atoms. The van der Waals surface area contributed by atoms with Crippen LogP contribution in [0.3, 0.4) is 0 Å². The van der Waals surface area contributed by atoms with E-state index >= 15 is 0 Å². The molecule has 0 aliphatic rings. The molecule has 46 heavy (non-hydrogen) atoms. The van der Waals surface area contributed by atoms with Crippen LogP contribution in [-0.2, 0) is 30.4 Å². The molecule has 3 N–H and O–H groups in total. The third-order valence-corrected chi connectivity index (χ3v) is 8.04. The van der Waals surface area contributed by atoms with E-state index in [-0.39, 0.29) is 17.4 Å². The van der Waals surface area contributed by atoms with Crippen LogP contribution in [0.4, 0.5) is 0 Å². The van der Waals surface area contributed by atoms with Gasteiger partial charge in [-0.25, -0.2) is 40.2 Å². The average molecular weight is 700 g/mol. The van der Waals surface area contributed by atoms with E-state index in [2.05, 4.69) is 15.0 Å². The van der Waals surface area contributed by atoms with Crippen molar-refractivity contribution in [2.75, 3.05) is 0 Å². The van der Waals surface area contributed by atoms with E-state index in [0.29, 0.717) is 32.7 Å². The van der Waals surface area contributed by atoms with Crippen molar-refractivity contribution < 1.29 is 54.2 Å². The summed E-state index contributed by atoms with van der Waals surface area (Å²) in [5, 5.41) is 27.1. The Kier molecular flexibility index (Phi) is 10.9. The van der Waals surface area contributed by atoms with Gasteiger partial charge in [-0.05, 0) is 36.4 Å². The van der Waals surface area contributed by atoms with Crippen molar-refractivity contribution in [1.29, 1.82) is 0 Å². The number of hydrogen-bond acceptors (Lipinski definition) is 15. The molecule has 19 heteroatoms. The summed E-state index contributed by atoms with van der Waals surface area (Å²) < 4.78 is 96.5. The maximum atomic E-state index is 10.7. The first-order chi connectivity index (χ1) is 20.9. The first kappa shape index (κ1) is 36.0. The molecule has 0 radical (unpaired) electrons. The first-order valence-electron chi connectivity index (χ1n) is 12.1. The number of pyridine rings is 3. The van der Waals surface area contributed by atoms with E-state index < -0.39 is 62.7 Å². The van der Waals surface area contributed by atoms with Crippen LogP contribution in [0.25, 0.3) is 32.7 Å². The number of benzene rings is 3. The molecule has 234 valence electrons. The molecule has 0 amide bonds. The van der Waals surface area contributed by atoms with Crippen molar-refractivity contribution in [3.05, 3.63) is 91.0 Å². The van der Waals surface area contributed by atoms with Crippen LogP contribution in [-0.4, -0.2) is 86.5 Å². The summed E-state index contributed by atoms with van der Waals surface area (Å²) in [6, 6.07) is 23.4. The van der Waals surface area contributed by atoms with Crippen LogP contribution in [0.15, 0.2) is 106 Å². The minimum atomic E-state index is -4.74. The topological polar surface area (TPSA) is 271 Å². The second kappa shape index (κ2) is 13.9. The molecular formula is C27H18AlN3O12S3. The number of hydrogen-bond donors (Lipinski definition) is 3. The number of fused-ring (bicyclic) bond motifs is 3. The molecule has 0 unspecified atom stereocenters. The fraction of sp³-hybridized carbons (Fsp3) is 0. The molecule has 0 aliphatic carbocycles. The predicted molar refractivity (Wildman–Crippen MR) is 160 cm³/mol. The molecule has 0 spiro atoms. The molecule has 3 aromatic heterocycles. The van der Waals surface area contributed by atoms with Gasteiger partial charge in [-0.3, -0.25) is 0 Å². The number of aromatic hydroxyl groups is 3. The van der Waals surface area contributed by atoms with Gasteiger partial charge in [0.05, 0.1) is 16.6 Å². The largest absolute Gasteiger partial charge is 3.00 e. The first-order valence-corrected chi connectivity index (χ1v) is 16.3. The Hall–Kier alpha value is -4.45. The summed E-state index contributed by atoms with van der Waals surface area (Å²) in [6.45, 7) is 0. The van der Waals surface area contributed by atoms with Crippen LogP contribution < -0.4 is 0 Å². The van der Waals surface area contributed by atoms with Gasteiger partial charge in [0.1, 0.15) is 30.4 Å². The van der Waals surface area contributed by atoms with Crippen molar-refractivity contribution in [3.63, 3.8) is 0 Å². The van der Waals surface area contributed by atoms with Gasteiger partial charge >= 0.3 is 17.4 Å². The van der Waals surface area contributed by atoms with Crippen LogP contribution in [0.2, 0.25) is 0 Å². The number of rotatable bonds is 3. The predicted octanol–water partition coefficient (Wildman–Crippen LogP) is 2.15. The van der Waals surface area contributed by atoms with Crippen molar-refractivity contribution in [2.24, 2.45) is 0 Å². The van der Waals surface area contributed by atoms with Crippen molar-refractivity contribution in [3.8, 4) is 17.2 Å². The van der Waals surface area contributed by atoms with Crippen LogP contribution in [0.5, 0.6) is 17.2 Å². The zero-order chi connectivity index (χ0) is 33.2. The van der Waals surface area contributed by atoms with Gasteiger partial charge in [0, 0.05) is 16.2 Å². The van der Waals surface area contributed by atoms with Gasteiger partial charge < -0.3 is 29.0 Å². The second-order valence-corrected chi connectivity index (χ2v) is 12.8. The van der Waals surface area contributed by atoms with E-state index in [1.807, 2.05) is 0 Å². The summed E-state index contributed by atoms with van der Waals surface area (Å²) in [5.74, 6) is -1.86. The van der Waals surface area contributed by atoms with E-state index in [4.69, 9.17) is 0 Å². The fourth-order valence-corrected chi connectivity index (χ4v) is 5.39. The van der Waals surface area contributed by atoms with Gasteiger partial charge in [-0.15, -0.1) is 0 Å². The standard InChI is InChI=1S/3C9H7NO4S.Al/c3*11-8-5-6-3-1-2-4-7(6)10-9(8)15(12,13)14;/h3*1-5,11H,(H,12,13,14);/q;;;+3/p-3. The molecular weight excluding hydrogens is 681 g/mol. The molecule has 6 rings (SSSR count). The zero-order valence-corrected chi connectivity index (χ0v) is 26.4. The van der Waals surface area contributed by atoms with E-state index in [1.165, 1.54) is 18.2 Å². The van der Waals surface area contributed by atoms with E-state index in [9.17, 15) is 54.2 Å². The summed E-state index contributed by atoms with van der Waals surface area (Å²) >= 11 is 0. The normalized spacial score (nSPS) is 11.5. The van der Waals surface area contributed by atoms with Crippen LogP contribution in [0.1, 0.15) is 0 Å². The minimum Gasteiger partial charge on any atom is -0.743 e. The Morgan fingerprint density at radius 2 is 0.652 bits per heavy atom. The van der Waals surface area contributed by atoms with E-state index in [0.717, 1.165) is 0 Å². The Morgan fingerprint density at radius 3 is 0.870 bits per heavy atom. The van der Waals surface area contributed by atoms with Gasteiger partial charge in [-0.2, -0.15) is 0 Å². The maximum absolute atomic E-state index is 10.7. The van der Waals surface area contributed by atoms with Crippen molar-refractivity contribution in [2.45, 2.75) is 15.1 Å². The molecule has 0 saturated heterocycles. The molecule has 0 atom stereocenters. The second-order valence-electron chi connectivity index (χ2n) is 8.88. The Labute approximate surface area is 271 Å². The summed E-state index contributed by atoms with van der Waals surface area (Å²) in [6.07, 6.45) is 0. The smallest absolute Gasteiger partial charge is 0.743 e. The summed E-state index contributed by atoms with van der Waals surface area (Å²) in [5.41, 5.74) is 1.05. The van der Waals surface area contributed by atoms with Gasteiger partial charge in [0.2, 0.25) is 0 Å². The number of aromatic nitrogens is 3. The fourth-order valence-electron chi connectivity index (χ4n) is 3.81. The van der Waals surface area contributed by atoms with E-state index in [1.54, 1.807) is 72.8 Å². The SMILES string of the molecule is O=S(=O)([O-])c1nc2ccccc2cc1O.O=S(=O)([O-])c1nc2ccccc2cc1O.O=S(=O)([O-])c1nc2ccccc2cc1O.[Al+3]. The summed E-state index contributed by atoms with van der Waals surface area (Å²) in [7, 11) is -14.2. The minimum absolute atomic E-state index is 0. The monoisotopic (exact) mass is 699 g/mol. The zero-order valence-electron chi connectivity index (χ0n) is 22.8. The van der Waals surface area contributed by atoms with Crippen molar-refractivity contribution >= 4 is 80.4 Å². The van der Waals surface area contributed by atoms with Crippen LogP contribution in [0, 0.1) is 0 Å². The van der Waals surface area contributed by atoms with Crippen LogP contribution >= 0.6 is 0 Å². The Balaban J connectivity index is 0.000000186. The van der Waals surface area contributed by atoms with Crippen molar-refractivity contribution in [1.82, 2.24) is 15.0 Å². The van der Waals surface area contributed by atoms with Gasteiger partial charge in [-0.1, -0.05) is 54.6 Å². The third-order valence-electron chi connectivity index (χ3n) is 5.72. The molecule has 0 saturated carbocycles. The number of para-hydroxylation sites is 3. The molecule has 3 aromatic carbocycles. The van der Waals surface area contributed by atoms with Gasteiger partial charge in [0.25, 0.3) is 0 Å². The molecule has 0 aliphatic heterocycles. The molecule has 15 nitrogen and oxygen atoms in total. The quantitative estimate of drug-likeness (QED) is 0.176. The van der Waals surface area contributed by atoms with Gasteiger partial charge in [0.15, 0.2) is 32.3 Å². The average Bonchev–Trinajstić information content (AvgIpc) is 2.95. The molecule has 3 heterocycles. The Morgan fingerprint density at radius 1 is 0.435 bits per heavy atom. The molecule has 6 aromatic rings. The number of nitrogens with zero attached hydrogens (tertiary/aromatic N) is 3. The Bertz CT molecular complexity index is 2140. The molecule has 0 fully saturated rings. The summed E-state index contributed by atoms with van der Waals surface area (Å²) in [4.78, 5) is 10.8. The maximum Gasteiger partial charge on any atom is 3.00 e. The third kappa shape index (κ3) is 8.63.